The van der Waals surface area contributed by atoms with E-state index < -0.39 is 0 Å². The molecule has 0 bridgehead atoms. The van der Waals surface area contributed by atoms with Crippen LogP contribution in [0.1, 0.15) is 58.3 Å². The third-order valence-electron chi connectivity index (χ3n) is 3.66. The number of hydrogen-bond acceptors (Lipinski definition) is 2. The number of para-hydroxylation sites is 2. The Balaban J connectivity index is 1.49. The quantitative estimate of drug-likeness (QED) is 0.455. The van der Waals surface area contributed by atoms with Crippen molar-refractivity contribution in [2.24, 2.45) is 0 Å². The Morgan fingerprint density at radius 2 is 1.32 bits per heavy atom. The lowest BCUT2D eigenvalue weighted by atomic mass is 9.82. The van der Waals surface area contributed by atoms with Crippen molar-refractivity contribution in [1.82, 2.24) is 0 Å². The van der Waals surface area contributed by atoms with E-state index in [0.29, 0.717) is 0 Å². The van der Waals surface area contributed by atoms with Gasteiger partial charge in [0.15, 0.2) is 0 Å². The van der Waals surface area contributed by atoms with Crippen LogP contribution in [0.2, 0.25) is 6.32 Å². The molecule has 0 amide bonds. The van der Waals surface area contributed by atoms with Crippen molar-refractivity contribution in [2.75, 3.05) is 0 Å². The van der Waals surface area contributed by atoms with E-state index >= 15 is 0 Å². The molecule has 0 fully saturated rings. The predicted octanol–water partition coefficient (Wildman–Crippen LogP) is 5.09. The fourth-order valence-electron chi connectivity index (χ4n) is 2.51. The second kappa shape index (κ2) is 8.14. The van der Waals surface area contributed by atoms with Crippen LogP contribution in [0.4, 0.5) is 0 Å². The van der Waals surface area contributed by atoms with Crippen molar-refractivity contribution in [3.63, 3.8) is 0 Å². The number of unbranched alkanes of at least 4 members (excludes halogenated alkanes) is 7. The van der Waals surface area contributed by atoms with Crippen LogP contribution in [0.25, 0.3) is 0 Å². The molecule has 0 aliphatic carbocycles. The molecule has 1 aromatic rings. The van der Waals surface area contributed by atoms with Crippen LogP contribution in [0.3, 0.4) is 0 Å². The fourth-order valence-corrected chi connectivity index (χ4v) is 2.51. The van der Waals surface area contributed by atoms with Gasteiger partial charge >= 0.3 is 7.12 Å². The summed E-state index contributed by atoms with van der Waals surface area (Å²) in [5, 5.41) is 0. The summed E-state index contributed by atoms with van der Waals surface area (Å²) in [6, 6.07) is 7.92. The molecule has 1 aliphatic rings. The maximum absolute atomic E-state index is 5.74. The molecule has 0 radical (unpaired) electrons. The molecular formula is C16H25BO2. The van der Waals surface area contributed by atoms with Crippen molar-refractivity contribution in [3.8, 4) is 11.5 Å². The Hall–Kier alpha value is -1.12. The minimum Gasteiger partial charge on any atom is -0.523 e. The third-order valence-corrected chi connectivity index (χ3v) is 3.66. The second-order valence-corrected chi connectivity index (χ2v) is 5.38. The zero-order valence-corrected chi connectivity index (χ0v) is 12.1. The summed E-state index contributed by atoms with van der Waals surface area (Å²) in [7, 11) is -0.0579. The molecule has 0 atom stereocenters. The SMILES string of the molecule is CCCCCCCCCCB1Oc2ccccc2O1. The Morgan fingerprint density at radius 3 is 1.89 bits per heavy atom. The van der Waals surface area contributed by atoms with E-state index in [4.69, 9.17) is 9.31 Å². The minimum absolute atomic E-state index is 0.0579. The molecule has 1 aromatic carbocycles. The normalized spacial score (nSPS) is 13.0. The highest BCUT2D eigenvalue weighted by Gasteiger charge is 2.30. The lowest BCUT2D eigenvalue weighted by Gasteiger charge is -2.04. The molecule has 0 unspecified atom stereocenters. The van der Waals surface area contributed by atoms with Gasteiger partial charge < -0.3 is 9.31 Å². The van der Waals surface area contributed by atoms with Crippen molar-refractivity contribution in [2.45, 2.75) is 64.6 Å². The summed E-state index contributed by atoms with van der Waals surface area (Å²) in [6.07, 6.45) is 11.8. The molecule has 0 N–H and O–H groups in total. The van der Waals surface area contributed by atoms with E-state index in [2.05, 4.69) is 6.92 Å². The van der Waals surface area contributed by atoms with Crippen molar-refractivity contribution < 1.29 is 9.31 Å². The van der Waals surface area contributed by atoms with Crippen molar-refractivity contribution in [1.29, 1.82) is 0 Å². The Kier molecular flexibility index (Phi) is 6.12. The molecule has 0 spiro atoms. The molecule has 3 heteroatoms. The van der Waals surface area contributed by atoms with E-state index in [0.717, 1.165) is 17.8 Å². The first kappa shape index (κ1) is 14.3. The molecule has 104 valence electrons. The van der Waals surface area contributed by atoms with Crippen molar-refractivity contribution in [3.05, 3.63) is 24.3 Å². The smallest absolute Gasteiger partial charge is 0.523 e. The molecule has 1 aliphatic heterocycles. The van der Waals surface area contributed by atoms with Crippen molar-refractivity contribution >= 4 is 7.12 Å². The van der Waals surface area contributed by atoms with Gasteiger partial charge in [-0.25, -0.2) is 0 Å². The number of hydrogen-bond donors (Lipinski definition) is 0. The van der Waals surface area contributed by atoms with Gasteiger partial charge in [0.25, 0.3) is 0 Å². The van der Waals surface area contributed by atoms with E-state index in [9.17, 15) is 0 Å². The second-order valence-electron chi connectivity index (χ2n) is 5.38. The molecular weight excluding hydrogens is 235 g/mol. The van der Waals surface area contributed by atoms with Crippen LogP contribution in [0.15, 0.2) is 24.3 Å². The summed E-state index contributed by atoms with van der Waals surface area (Å²) in [6.45, 7) is 2.26. The van der Waals surface area contributed by atoms with Gasteiger partial charge in [-0.3, -0.25) is 0 Å². The lowest BCUT2D eigenvalue weighted by molar-refractivity contribution is 0.487. The van der Waals surface area contributed by atoms with Crippen LogP contribution < -0.4 is 9.31 Å². The first-order valence-corrected chi connectivity index (χ1v) is 7.82. The molecule has 1 heterocycles. The van der Waals surface area contributed by atoms with Crippen LogP contribution in [0.5, 0.6) is 11.5 Å². The maximum Gasteiger partial charge on any atom is 0.594 e. The van der Waals surface area contributed by atoms with Gasteiger partial charge in [-0.15, -0.1) is 0 Å². The molecule has 0 saturated heterocycles. The molecule has 2 rings (SSSR count). The van der Waals surface area contributed by atoms with E-state index in [1.807, 2.05) is 24.3 Å². The molecule has 0 aromatic heterocycles. The third kappa shape index (κ3) is 4.81. The molecule has 0 saturated carbocycles. The summed E-state index contributed by atoms with van der Waals surface area (Å²) in [5.74, 6) is 1.79. The number of benzene rings is 1. The average Bonchev–Trinajstić information content (AvgIpc) is 2.84. The van der Waals surface area contributed by atoms with Crippen LogP contribution in [-0.4, -0.2) is 7.12 Å². The standard InChI is InChI=1S/C16H25BO2/c1-2-3-4-5-6-7-8-11-14-17-18-15-12-9-10-13-16(15)19-17/h9-10,12-13H,2-8,11,14H2,1H3. The Morgan fingerprint density at radius 1 is 0.789 bits per heavy atom. The zero-order chi connectivity index (χ0) is 13.3. The predicted molar refractivity (Wildman–Crippen MR) is 80.9 cm³/mol. The van der Waals surface area contributed by atoms with Crippen LogP contribution >= 0.6 is 0 Å². The largest absolute Gasteiger partial charge is 0.594 e. The molecule has 2 nitrogen and oxygen atoms in total. The first-order valence-electron chi connectivity index (χ1n) is 7.82. The average molecular weight is 260 g/mol. The minimum atomic E-state index is -0.0579. The van der Waals surface area contributed by atoms with Gasteiger partial charge in [0.1, 0.15) is 11.5 Å². The van der Waals surface area contributed by atoms with Crippen LogP contribution in [0, 0.1) is 0 Å². The monoisotopic (exact) mass is 260 g/mol. The van der Waals surface area contributed by atoms with Gasteiger partial charge in [0.2, 0.25) is 0 Å². The van der Waals surface area contributed by atoms with Crippen LogP contribution in [-0.2, 0) is 0 Å². The fraction of sp³-hybridized carbons (Fsp3) is 0.625. The number of fused-ring (bicyclic) bond motifs is 1. The first-order chi connectivity index (χ1) is 9.40. The summed E-state index contributed by atoms with van der Waals surface area (Å²) in [4.78, 5) is 0. The van der Waals surface area contributed by atoms with Gasteiger partial charge in [-0.2, -0.15) is 0 Å². The summed E-state index contributed by atoms with van der Waals surface area (Å²) in [5.41, 5.74) is 0. The van der Waals surface area contributed by atoms with Gasteiger partial charge in [0, 0.05) is 6.32 Å². The highest BCUT2D eigenvalue weighted by Crippen LogP contribution is 2.33. The van der Waals surface area contributed by atoms with E-state index in [1.165, 1.54) is 51.4 Å². The highest BCUT2D eigenvalue weighted by atomic mass is 16.6. The lowest BCUT2D eigenvalue weighted by Crippen LogP contribution is -2.23. The topological polar surface area (TPSA) is 18.5 Å². The number of rotatable bonds is 9. The van der Waals surface area contributed by atoms with E-state index in [1.54, 1.807) is 0 Å². The summed E-state index contributed by atoms with van der Waals surface area (Å²) >= 11 is 0. The van der Waals surface area contributed by atoms with Gasteiger partial charge in [-0.1, -0.05) is 70.4 Å². The molecule has 19 heavy (non-hydrogen) atoms. The van der Waals surface area contributed by atoms with Gasteiger partial charge in [0.05, 0.1) is 0 Å². The zero-order valence-electron chi connectivity index (χ0n) is 12.1. The summed E-state index contributed by atoms with van der Waals surface area (Å²) < 4.78 is 11.5. The highest BCUT2D eigenvalue weighted by molar-refractivity contribution is 6.47. The Bertz CT molecular complexity index is 343. The Labute approximate surface area is 117 Å². The van der Waals surface area contributed by atoms with Gasteiger partial charge in [-0.05, 0) is 12.1 Å². The maximum atomic E-state index is 5.74. The van der Waals surface area contributed by atoms with E-state index in [-0.39, 0.29) is 7.12 Å².